The van der Waals surface area contributed by atoms with Gasteiger partial charge in [0.05, 0.1) is 0 Å². The molecule has 2 nitrogen and oxygen atoms in total. The highest BCUT2D eigenvalue weighted by Crippen LogP contribution is 2.01. The van der Waals surface area contributed by atoms with Crippen LogP contribution in [0.2, 0.25) is 0 Å². The van der Waals surface area contributed by atoms with Gasteiger partial charge in [-0.25, -0.2) is 4.98 Å². The number of imidazole rings is 1. The molecule has 0 spiro atoms. The largest absolute Gasteiger partial charge is 0.346 e. The maximum absolute atomic E-state index is 4.27. The van der Waals surface area contributed by atoms with Crippen LogP contribution in [0.5, 0.6) is 0 Å². The normalized spacial score (nSPS) is 10.4. The number of unbranched alkanes of at least 4 members (excludes halogenated alkanes) is 1. The van der Waals surface area contributed by atoms with Crippen molar-refractivity contribution in [3.63, 3.8) is 0 Å². The van der Waals surface area contributed by atoms with Gasteiger partial charge >= 0.3 is 0 Å². The Hall–Kier alpha value is -0.790. The van der Waals surface area contributed by atoms with Crippen LogP contribution in [-0.4, -0.2) is 9.97 Å². The van der Waals surface area contributed by atoms with E-state index in [2.05, 4.69) is 23.8 Å². The lowest BCUT2D eigenvalue weighted by Gasteiger charge is -1.92. The standard InChI is InChI=1S/C9H16N2/c1-3-5-6-9-10-7-8(4-2)11-9/h7H,3-6H2,1-2H3,(H,10,11). The highest BCUT2D eigenvalue weighted by Gasteiger charge is 1.96. The Bertz CT molecular complexity index is 203. The van der Waals surface area contributed by atoms with Crippen molar-refractivity contribution in [1.82, 2.24) is 9.97 Å². The third-order valence-electron chi connectivity index (χ3n) is 1.83. The second-order valence-corrected chi connectivity index (χ2v) is 2.81. The summed E-state index contributed by atoms with van der Waals surface area (Å²) in [5, 5.41) is 0. The van der Waals surface area contributed by atoms with Crippen molar-refractivity contribution in [2.75, 3.05) is 0 Å². The van der Waals surface area contributed by atoms with Crippen LogP contribution in [0.25, 0.3) is 0 Å². The molecule has 62 valence electrons. The first kappa shape index (κ1) is 8.31. The highest BCUT2D eigenvalue weighted by molar-refractivity contribution is 5.00. The Morgan fingerprint density at radius 1 is 1.45 bits per heavy atom. The summed E-state index contributed by atoms with van der Waals surface area (Å²) in [5.41, 5.74) is 1.25. The van der Waals surface area contributed by atoms with Gasteiger partial charge in [-0.2, -0.15) is 0 Å². The van der Waals surface area contributed by atoms with Crippen molar-refractivity contribution in [2.24, 2.45) is 0 Å². The monoisotopic (exact) mass is 152 g/mol. The number of hydrogen-bond acceptors (Lipinski definition) is 1. The molecule has 0 aliphatic heterocycles. The molecule has 0 aromatic carbocycles. The second-order valence-electron chi connectivity index (χ2n) is 2.81. The van der Waals surface area contributed by atoms with Gasteiger partial charge in [0.2, 0.25) is 0 Å². The summed E-state index contributed by atoms with van der Waals surface area (Å²) in [6, 6.07) is 0. The lowest BCUT2D eigenvalue weighted by Crippen LogP contribution is -1.87. The summed E-state index contributed by atoms with van der Waals surface area (Å²) >= 11 is 0. The molecule has 0 saturated heterocycles. The number of aryl methyl sites for hydroxylation is 2. The first-order chi connectivity index (χ1) is 5.36. The SMILES string of the molecule is CCCCc1ncc(CC)[nH]1. The number of nitrogens with one attached hydrogen (secondary N) is 1. The van der Waals surface area contributed by atoms with Crippen molar-refractivity contribution < 1.29 is 0 Å². The van der Waals surface area contributed by atoms with Crippen LogP contribution >= 0.6 is 0 Å². The molecule has 1 aromatic rings. The number of H-pyrrole nitrogens is 1. The maximum Gasteiger partial charge on any atom is 0.106 e. The molecule has 1 rings (SSSR count). The minimum absolute atomic E-state index is 1.05. The van der Waals surface area contributed by atoms with E-state index in [9.17, 15) is 0 Å². The van der Waals surface area contributed by atoms with Crippen LogP contribution in [0.1, 0.15) is 38.2 Å². The molecule has 0 saturated carbocycles. The molecule has 0 atom stereocenters. The second kappa shape index (κ2) is 4.16. The van der Waals surface area contributed by atoms with E-state index in [1.807, 2.05) is 6.20 Å². The van der Waals surface area contributed by atoms with Crippen molar-refractivity contribution in [3.8, 4) is 0 Å². The lowest BCUT2D eigenvalue weighted by atomic mass is 10.2. The zero-order chi connectivity index (χ0) is 8.10. The van der Waals surface area contributed by atoms with Crippen LogP contribution in [0.4, 0.5) is 0 Å². The quantitative estimate of drug-likeness (QED) is 0.704. The smallest absolute Gasteiger partial charge is 0.106 e. The number of rotatable bonds is 4. The first-order valence-corrected chi connectivity index (χ1v) is 4.39. The van der Waals surface area contributed by atoms with E-state index in [1.54, 1.807) is 0 Å². The third kappa shape index (κ3) is 2.37. The van der Waals surface area contributed by atoms with Gasteiger partial charge in [0, 0.05) is 18.3 Å². The average Bonchev–Trinajstić information content (AvgIpc) is 2.48. The first-order valence-electron chi connectivity index (χ1n) is 4.39. The fraction of sp³-hybridized carbons (Fsp3) is 0.667. The molecule has 11 heavy (non-hydrogen) atoms. The third-order valence-corrected chi connectivity index (χ3v) is 1.83. The van der Waals surface area contributed by atoms with E-state index in [-0.39, 0.29) is 0 Å². The molecule has 2 heteroatoms. The van der Waals surface area contributed by atoms with Gasteiger partial charge in [-0.3, -0.25) is 0 Å². The van der Waals surface area contributed by atoms with Crippen LogP contribution < -0.4 is 0 Å². The van der Waals surface area contributed by atoms with Crippen molar-refractivity contribution >= 4 is 0 Å². The van der Waals surface area contributed by atoms with E-state index in [0.717, 1.165) is 18.7 Å². The van der Waals surface area contributed by atoms with Crippen LogP contribution in [0.15, 0.2) is 6.20 Å². The van der Waals surface area contributed by atoms with Gasteiger partial charge in [0.25, 0.3) is 0 Å². The van der Waals surface area contributed by atoms with Crippen molar-refractivity contribution in [1.29, 1.82) is 0 Å². The predicted molar refractivity (Wildman–Crippen MR) is 46.6 cm³/mol. The summed E-state index contributed by atoms with van der Waals surface area (Å²) in [6.07, 6.45) is 6.56. The molecule has 1 aromatic heterocycles. The van der Waals surface area contributed by atoms with E-state index in [1.165, 1.54) is 18.5 Å². The molecule has 0 aliphatic carbocycles. The van der Waals surface area contributed by atoms with Gasteiger partial charge < -0.3 is 4.98 Å². The zero-order valence-corrected chi connectivity index (χ0v) is 7.35. The van der Waals surface area contributed by atoms with Gasteiger partial charge in [-0.15, -0.1) is 0 Å². The van der Waals surface area contributed by atoms with Gasteiger partial charge in [-0.1, -0.05) is 20.3 Å². The summed E-state index contributed by atoms with van der Waals surface area (Å²) in [7, 11) is 0. The van der Waals surface area contributed by atoms with Gasteiger partial charge in [0.1, 0.15) is 5.82 Å². The van der Waals surface area contributed by atoms with E-state index >= 15 is 0 Å². The Labute approximate surface area is 68.0 Å². The van der Waals surface area contributed by atoms with Gasteiger partial charge in [0.15, 0.2) is 0 Å². The molecule has 0 unspecified atom stereocenters. The minimum atomic E-state index is 1.05. The Morgan fingerprint density at radius 3 is 2.82 bits per heavy atom. The summed E-state index contributed by atoms with van der Waals surface area (Å²) in [5.74, 6) is 1.14. The average molecular weight is 152 g/mol. The number of nitrogens with zero attached hydrogens (tertiary/aromatic N) is 1. The summed E-state index contributed by atoms with van der Waals surface area (Å²) in [4.78, 5) is 7.56. The molecule has 0 radical (unpaired) electrons. The van der Waals surface area contributed by atoms with E-state index in [4.69, 9.17) is 0 Å². The zero-order valence-electron chi connectivity index (χ0n) is 7.35. The molecule has 0 amide bonds. The molecule has 0 fully saturated rings. The maximum atomic E-state index is 4.27. The van der Waals surface area contributed by atoms with Crippen LogP contribution in [-0.2, 0) is 12.8 Å². The minimum Gasteiger partial charge on any atom is -0.346 e. The Morgan fingerprint density at radius 2 is 2.27 bits per heavy atom. The lowest BCUT2D eigenvalue weighted by molar-refractivity contribution is 0.760. The van der Waals surface area contributed by atoms with Crippen molar-refractivity contribution in [2.45, 2.75) is 39.5 Å². The highest BCUT2D eigenvalue weighted by atomic mass is 14.9. The number of aromatic nitrogens is 2. The van der Waals surface area contributed by atoms with Crippen LogP contribution in [0, 0.1) is 0 Å². The number of aromatic amines is 1. The molecular weight excluding hydrogens is 136 g/mol. The predicted octanol–water partition coefficient (Wildman–Crippen LogP) is 2.31. The molecule has 1 N–H and O–H groups in total. The molecule has 0 aliphatic rings. The fourth-order valence-corrected chi connectivity index (χ4v) is 1.06. The molecule has 0 bridgehead atoms. The molecular formula is C9H16N2. The van der Waals surface area contributed by atoms with E-state index < -0.39 is 0 Å². The van der Waals surface area contributed by atoms with Crippen LogP contribution in [0.3, 0.4) is 0 Å². The van der Waals surface area contributed by atoms with E-state index in [0.29, 0.717) is 0 Å². The fourth-order valence-electron chi connectivity index (χ4n) is 1.06. The Balaban J connectivity index is 2.44. The molecule has 1 heterocycles. The Kier molecular flexibility index (Phi) is 3.14. The topological polar surface area (TPSA) is 28.7 Å². The summed E-state index contributed by atoms with van der Waals surface area (Å²) < 4.78 is 0. The number of hydrogen-bond donors (Lipinski definition) is 1. The van der Waals surface area contributed by atoms with Crippen molar-refractivity contribution in [3.05, 3.63) is 17.7 Å². The summed E-state index contributed by atoms with van der Waals surface area (Å²) in [6.45, 7) is 4.33. The van der Waals surface area contributed by atoms with Gasteiger partial charge in [-0.05, 0) is 12.8 Å².